The monoisotopic (exact) mass is 425 g/mol. The number of rotatable bonds is 6. The molecule has 31 heavy (non-hydrogen) atoms. The van der Waals surface area contributed by atoms with Crippen LogP contribution in [0.4, 0.5) is 10.1 Å². The van der Waals surface area contributed by atoms with Crippen molar-refractivity contribution in [1.29, 1.82) is 0 Å². The fourth-order valence-electron chi connectivity index (χ4n) is 3.37. The molecule has 0 aliphatic rings. The number of ether oxygens (including phenoxy) is 1. The number of aromatic amines is 1. The summed E-state index contributed by atoms with van der Waals surface area (Å²) in [4.78, 5) is 25.4. The van der Waals surface area contributed by atoms with E-state index in [2.05, 4.69) is 31.2 Å². The first kappa shape index (κ1) is 22.3. The van der Waals surface area contributed by atoms with Gasteiger partial charge in [-0.3, -0.25) is 14.7 Å². The van der Waals surface area contributed by atoms with Gasteiger partial charge < -0.3 is 10.1 Å². The number of amides is 1. The van der Waals surface area contributed by atoms with Crippen molar-refractivity contribution in [1.82, 2.24) is 9.78 Å². The van der Waals surface area contributed by atoms with Gasteiger partial charge in [0.2, 0.25) is 5.91 Å². The fourth-order valence-corrected chi connectivity index (χ4v) is 3.37. The summed E-state index contributed by atoms with van der Waals surface area (Å²) in [5.74, 6) is -0.00142. The van der Waals surface area contributed by atoms with Crippen molar-refractivity contribution in [3.63, 3.8) is 0 Å². The van der Waals surface area contributed by atoms with E-state index in [9.17, 15) is 14.0 Å². The minimum absolute atomic E-state index is 0.0700. The number of anilines is 1. The van der Waals surface area contributed by atoms with Crippen molar-refractivity contribution in [2.45, 2.75) is 46.0 Å². The van der Waals surface area contributed by atoms with E-state index in [0.717, 1.165) is 5.56 Å². The lowest BCUT2D eigenvalue weighted by atomic mass is 9.87. The molecule has 0 aliphatic heterocycles. The molecule has 2 aromatic carbocycles. The van der Waals surface area contributed by atoms with Gasteiger partial charge in [-0.05, 0) is 60.7 Å². The van der Waals surface area contributed by atoms with Gasteiger partial charge in [0.25, 0.3) is 5.56 Å². The van der Waals surface area contributed by atoms with Gasteiger partial charge in [-0.2, -0.15) is 0 Å². The van der Waals surface area contributed by atoms with Crippen molar-refractivity contribution in [2.24, 2.45) is 0 Å². The number of nitrogens with zero attached hydrogens (tertiary/aromatic N) is 1. The molecule has 0 radical (unpaired) electrons. The summed E-state index contributed by atoms with van der Waals surface area (Å²) < 4.78 is 19.9. The number of halogens is 1. The van der Waals surface area contributed by atoms with Gasteiger partial charge in [0.05, 0.1) is 18.5 Å². The molecular formula is C24H28FN3O3. The van der Waals surface area contributed by atoms with Gasteiger partial charge in [-0.15, -0.1) is 0 Å². The molecule has 0 fully saturated rings. The molecule has 1 heterocycles. The van der Waals surface area contributed by atoms with E-state index in [0.29, 0.717) is 28.4 Å². The highest BCUT2D eigenvalue weighted by Crippen LogP contribution is 2.31. The Labute approximate surface area is 181 Å². The Morgan fingerprint density at radius 1 is 1.16 bits per heavy atom. The SMILES string of the molecule is COc1ccc(C(C)(C)C)cc1NC(=O)CCc1c(C)[nH]n(-c2ccc(F)cc2)c1=O. The second kappa shape index (κ2) is 8.79. The highest BCUT2D eigenvalue weighted by Gasteiger charge is 2.18. The Kier molecular flexibility index (Phi) is 6.34. The quantitative estimate of drug-likeness (QED) is 0.611. The number of benzene rings is 2. The Hall–Kier alpha value is -3.35. The van der Waals surface area contributed by atoms with E-state index in [-0.39, 0.29) is 35.5 Å². The average Bonchev–Trinajstić information content (AvgIpc) is 3.00. The maximum atomic E-state index is 13.2. The van der Waals surface area contributed by atoms with Crippen LogP contribution in [0.3, 0.4) is 0 Å². The predicted octanol–water partition coefficient (Wildman–Crippen LogP) is 4.49. The number of hydrogen-bond acceptors (Lipinski definition) is 3. The topological polar surface area (TPSA) is 76.1 Å². The molecule has 7 heteroatoms. The van der Waals surface area contributed by atoms with Crippen LogP contribution in [0.5, 0.6) is 5.75 Å². The maximum absolute atomic E-state index is 13.2. The van der Waals surface area contributed by atoms with Crippen LogP contribution in [0.15, 0.2) is 47.3 Å². The summed E-state index contributed by atoms with van der Waals surface area (Å²) in [6.07, 6.45) is 0.419. The normalized spacial score (nSPS) is 11.4. The number of carbonyl (C=O) groups excluding carboxylic acids is 1. The molecule has 0 unspecified atom stereocenters. The Balaban J connectivity index is 1.75. The third-order valence-corrected chi connectivity index (χ3v) is 5.22. The molecule has 3 rings (SSSR count). The second-order valence-corrected chi connectivity index (χ2v) is 8.55. The number of methoxy groups -OCH3 is 1. The van der Waals surface area contributed by atoms with Crippen molar-refractivity contribution < 1.29 is 13.9 Å². The Morgan fingerprint density at radius 2 is 1.84 bits per heavy atom. The van der Waals surface area contributed by atoms with Crippen LogP contribution in [0.2, 0.25) is 0 Å². The lowest BCUT2D eigenvalue weighted by Crippen LogP contribution is -2.20. The van der Waals surface area contributed by atoms with Crippen LogP contribution in [-0.2, 0) is 16.6 Å². The molecule has 0 spiro atoms. The number of aryl methyl sites for hydroxylation is 1. The summed E-state index contributed by atoms with van der Waals surface area (Å²) >= 11 is 0. The first-order chi connectivity index (χ1) is 14.6. The molecule has 0 bridgehead atoms. The molecule has 164 valence electrons. The van der Waals surface area contributed by atoms with Crippen LogP contribution in [0.1, 0.15) is 44.0 Å². The van der Waals surface area contributed by atoms with Crippen LogP contribution >= 0.6 is 0 Å². The van der Waals surface area contributed by atoms with E-state index in [4.69, 9.17) is 4.74 Å². The van der Waals surface area contributed by atoms with Gasteiger partial charge in [0.15, 0.2) is 0 Å². The maximum Gasteiger partial charge on any atom is 0.274 e. The van der Waals surface area contributed by atoms with E-state index < -0.39 is 0 Å². The van der Waals surface area contributed by atoms with Crippen LogP contribution < -0.4 is 15.6 Å². The number of carbonyl (C=O) groups is 1. The second-order valence-electron chi connectivity index (χ2n) is 8.55. The summed E-state index contributed by atoms with van der Waals surface area (Å²) in [5, 5.41) is 5.90. The molecule has 2 N–H and O–H groups in total. The zero-order valence-electron chi connectivity index (χ0n) is 18.5. The van der Waals surface area contributed by atoms with Crippen molar-refractivity contribution >= 4 is 11.6 Å². The Morgan fingerprint density at radius 3 is 2.45 bits per heavy atom. The third kappa shape index (κ3) is 5.05. The van der Waals surface area contributed by atoms with Gasteiger partial charge in [-0.25, -0.2) is 9.07 Å². The fraction of sp³-hybridized carbons (Fsp3) is 0.333. The molecular weight excluding hydrogens is 397 g/mol. The van der Waals surface area contributed by atoms with E-state index in [1.807, 2.05) is 18.2 Å². The van der Waals surface area contributed by atoms with E-state index in [1.165, 1.54) is 28.9 Å². The number of H-pyrrole nitrogens is 1. The molecule has 0 atom stereocenters. The highest BCUT2D eigenvalue weighted by atomic mass is 19.1. The van der Waals surface area contributed by atoms with Crippen molar-refractivity contribution in [3.8, 4) is 11.4 Å². The van der Waals surface area contributed by atoms with Crippen molar-refractivity contribution in [2.75, 3.05) is 12.4 Å². The number of nitrogens with one attached hydrogen (secondary N) is 2. The van der Waals surface area contributed by atoms with Gasteiger partial charge >= 0.3 is 0 Å². The number of hydrogen-bond donors (Lipinski definition) is 2. The van der Waals surface area contributed by atoms with Gasteiger partial charge in [0.1, 0.15) is 11.6 Å². The minimum atomic E-state index is -0.372. The first-order valence-corrected chi connectivity index (χ1v) is 10.1. The Bertz CT molecular complexity index is 1140. The molecule has 1 amide bonds. The summed E-state index contributed by atoms with van der Waals surface area (Å²) in [5.41, 5.74) is 3.10. The molecule has 0 saturated heterocycles. The third-order valence-electron chi connectivity index (χ3n) is 5.22. The standard InChI is InChI=1S/C24H28FN3O3/c1-15-19(23(30)28(27-15)18-9-7-17(25)8-10-18)11-13-22(29)26-20-14-16(24(2,3)4)6-12-21(20)31-5/h6-10,12,14,27H,11,13H2,1-5H3,(H,26,29). The zero-order chi connectivity index (χ0) is 22.8. The smallest absolute Gasteiger partial charge is 0.274 e. The van der Waals surface area contributed by atoms with E-state index >= 15 is 0 Å². The van der Waals surface area contributed by atoms with Gasteiger partial charge in [-0.1, -0.05) is 26.8 Å². The predicted molar refractivity (Wildman–Crippen MR) is 120 cm³/mol. The van der Waals surface area contributed by atoms with Gasteiger partial charge in [0, 0.05) is 17.7 Å². The van der Waals surface area contributed by atoms with Crippen LogP contribution in [0.25, 0.3) is 5.69 Å². The van der Waals surface area contributed by atoms with Crippen LogP contribution in [0, 0.1) is 12.7 Å². The van der Waals surface area contributed by atoms with Crippen LogP contribution in [-0.4, -0.2) is 22.8 Å². The zero-order valence-corrected chi connectivity index (χ0v) is 18.5. The first-order valence-electron chi connectivity index (χ1n) is 10.1. The summed E-state index contributed by atoms with van der Waals surface area (Å²) in [6.45, 7) is 8.08. The summed E-state index contributed by atoms with van der Waals surface area (Å²) in [7, 11) is 1.56. The summed E-state index contributed by atoms with van der Waals surface area (Å²) in [6, 6.07) is 11.4. The molecule has 0 aliphatic carbocycles. The molecule has 6 nitrogen and oxygen atoms in total. The molecule has 3 aromatic rings. The minimum Gasteiger partial charge on any atom is -0.495 e. The number of aromatic nitrogens is 2. The lowest BCUT2D eigenvalue weighted by molar-refractivity contribution is -0.116. The van der Waals surface area contributed by atoms with Crippen molar-refractivity contribution in [3.05, 3.63) is 75.5 Å². The lowest BCUT2D eigenvalue weighted by Gasteiger charge is -2.21. The largest absolute Gasteiger partial charge is 0.495 e. The molecule has 0 saturated carbocycles. The molecule has 1 aromatic heterocycles. The highest BCUT2D eigenvalue weighted by molar-refractivity contribution is 5.92. The van der Waals surface area contributed by atoms with E-state index in [1.54, 1.807) is 14.0 Å². The average molecular weight is 426 g/mol.